The van der Waals surface area contributed by atoms with Gasteiger partial charge in [0.1, 0.15) is 6.61 Å². The molecule has 3 N–H and O–H groups in total. The number of benzene rings is 1. The zero-order valence-electron chi connectivity index (χ0n) is 22.5. The van der Waals surface area contributed by atoms with Gasteiger partial charge in [-0.1, -0.05) is 55.8 Å². The summed E-state index contributed by atoms with van der Waals surface area (Å²) in [6, 6.07) is 7.82. The fourth-order valence-electron chi connectivity index (χ4n) is 5.67. The maximum absolute atomic E-state index is 13.3. The molecular formula is C28H45ClN4O4. The van der Waals surface area contributed by atoms with Crippen molar-refractivity contribution < 1.29 is 19.1 Å². The molecular weight excluding hydrogens is 492 g/mol. The van der Waals surface area contributed by atoms with E-state index in [1.54, 1.807) is 0 Å². The van der Waals surface area contributed by atoms with E-state index >= 15 is 0 Å². The van der Waals surface area contributed by atoms with Crippen molar-refractivity contribution in [1.29, 1.82) is 0 Å². The van der Waals surface area contributed by atoms with Gasteiger partial charge in [-0.15, -0.1) is 0 Å². The first-order valence-electron chi connectivity index (χ1n) is 14.0. The van der Waals surface area contributed by atoms with Crippen molar-refractivity contribution in [2.75, 3.05) is 46.4 Å². The molecule has 1 aliphatic heterocycles. The van der Waals surface area contributed by atoms with Crippen LogP contribution in [-0.4, -0.2) is 69.5 Å². The first kappa shape index (κ1) is 29.5. The molecule has 9 heteroatoms. The number of piperidine rings is 1. The van der Waals surface area contributed by atoms with E-state index in [2.05, 4.69) is 16.0 Å². The van der Waals surface area contributed by atoms with E-state index < -0.39 is 6.09 Å². The molecule has 1 saturated heterocycles. The Bertz CT molecular complexity index is 836. The third kappa shape index (κ3) is 9.98. The van der Waals surface area contributed by atoms with E-state index in [0.29, 0.717) is 24.0 Å². The molecule has 3 amide bonds. The highest BCUT2D eigenvalue weighted by atomic mass is 35.5. The summed E-state index contributed by atoms with van der Waals surface area (Å²) in [7, 11) is 1.94. The number of carbonyl (C=O) groups is 2. The van der Waals surface area contributed by atoms with Gasteiger partial charge in [-0.2, -0.15) is 0 Å². The molecule has 37 heavy (non-hydrogen) atoms. The molecule has 2 fully saturated rings. The lowest BCUT2D eigenvalue weighted by Crippen LogP contribution is -2.52. The van der Waals surface area contributed by atoms with Crippen LogP contribution in [-0.2, 0) is 9.47 Å². The second-order valence-electron chi connectivity index (χ2n) is 10.3. The predicted molar refractivity (Wildman–Crippen MR) is 147 cm³/mol. The number of rotatable bonds is 12. The number of halogens is 1. The van der Waals surface area contributed by atoms with E-state index in [4.69, 9.17) is 21.1 Å². The number of likely N-dealkylation sites (N-methyl/N-ethyl adjacent to an activating group) is 1. The van der Waals surface area contributed by atoms with Crippen molar-refractivity contribution in [3.05, 3.63) is 34.9 Å². The van der Waals surface area contributed by atoms with Gasteiger partial charge in [0.15, 0.2) is 0 Å². The Morgan fingerprint density at radius 3 is 2.68 bits per heavy atom. The van der Waals surface area contributed by atoms with Crippen LogP contribution < -0.4 is 16.0 Å². The van der Waals surface area contributed by atoms with Crippen molar-refractivity contribution in [3.63, 3.8) is 0 Å². The van der Waals surface area contributed by atoms with Gasteiger partial charge in [0.2, 0.25) is 0 Å². The Kier molecular flexibility index (Phi) is 12.8. The maximum atomic E-state index is 13.3. The van der Waals surface area contributed by atoms with Crippen LogP contribution in [0.3, 0.4) is 0 Å². The molecule has 0 aromatic heterocycles. The third-order valence-corrected chi connectivity index (χ3v) is 7.64. The molecule has 208 valence electrons. The van der Waals surface area contributed by atoms with Crippen molar-refractivity contribution in [2.45, 2.75) is 70.4 Å². The minimum Gasteiger partial charge on any atom is -0.447 e. The summed E-state index contributed by atoms with van der Waals surface area (Å²) in [5, 5.41) is 9.84. The fraction of sp³-hybridized carbons (Fsp3) is 0.714. The molecule has 1 heterocycles. The van der Waals surface area contributed by atoms with Gasteiger partial charge in [-0.25, -0.2) is 9.59 Å². The average molecular weight is 537 g/mol. The quantitative estimate of drug-likeness (QED) is 0.322. The van der Waals surface area contributed by atoms with Gasteiger partial charge in [0.25, 0.3) is 0 Å². The molecule has 2 aliphatic rings. The second-order valence-corrected chi connectivity index (χ2v) is 10.7. The molecule has 1 saturated carbocycles. The lowest BCUT2D eigenvalue weighted by atomic mass is 9.85. The number of carbonyl (C=O) groups excluding carboxylic acids is 2. The normalized spacial score (nSPS) is 20.2. The zero-order valence-corrected chi connectivity index (χ0v) is 23.2. The van der Waals surface area contributed by atoms with E-state index in [0.717, 1.165) is 37.9 Å². The first-order valence-corrected chi connectivity index (χ1v) is 14.4. The Labute approximate surface area is 227 Å². The van der Waals surface area contributed by atoms with Crippen LogP contribution in [0.1, 0.15) is 70.0 Å². The minimum absolute atomic E-state index is 0.00479. The Morgan fingerprint density at radius 2 is 1.95 bits per heavy atom. The summed E-state index contributed by atoms with van der Waals surface area (Å²) >= 11 is 6.30. The number of urea groups is 1. The minimum atomic E-state index is -0.449. The average Bonchev–Trinajstić information content (AvgIpc) is 2.89. The number of likely N-dealkylation sites (tertiary alicyclic amines) is 1. The van der Waals surface area contributed by atoms with Crippen LogP contribution in [0.4, 0.5) is 9.59 Å². The van der Waals surface area contributed by atoms with Crippen molar-refractivity contribution in [3.8, 4) is 0 Å². The predicted octanol–water partition coefficient (Wildman–Crippen LogP) is 5.12. The standard InChI is InChI=1S/C28H45ClN4O4/c1-3-31-28(35)37-16-15-36-26(22-11-7-13-24(29)18-22)23-12-8-14-33(20-23)27(34)32-25(19-30-2)17-21-9-5-4-6-10-21/h7,11,13,18,21,23,25-26,30H,3-6,8-10,12,14-17,19-20H2,1-2H3,(H,31,35)(H,32,34). The Hall–Kier alpha value is -2.03. The van der Waals surface area contributed by atoms with E-state index in [-0.39, 0.29) is 37.3 Å². The lowest BCUT2D eigenvalue weighted by Gasteiger charge is -2.38. The first-order chi connectivity index (χ1) is 18.0. The fourth-order valence-corrected chi connectivity index (χ4v) is 5.86. The smallest absolute Gasteiger partial charge is 0.407 e. The Balaban J connectivity index is 1.61. The van der Waals surface area contributed by atoms with Crippen molar-refractivity contribution in [1.82, 2.24) is 20.9 Å². The Morgan fingerprint density at radius 1 is 1.14 bits per heavy atom. The van der Waals surface area contributed by atoms with Crippen molar-refractivity contribution >= 4 is 23.7 Å². The summed E-state index contributed by atoms with van der Waals surface area (Å²) < 4.78 is 11.5. The number of alkyl carbamates (subject to hydrolysis) is 1. The van der Waals surface area contributed by atoms with E-state index in [1.807, 2.05) is 43.1 Å². The molecule has 1 aromatic rings. The van der Waals surface area contributed by atoms with Crippen LogP contribution in [0.5, 0.6) is 0 Å². The van der Waals surface area contributed by atoms with E-state index in [9.17, 15) is 9.59 Å². The number of hydrogen-bond acceptors (Lipinski definition) is 5. The van der Waals surface area contributed by atoms with Crippen LogP contribution in [0.2, 0.25) is 5.02 Å². The summed E-state index contributed by atoms with van der Waals surface area (Å²) in [5.41, 5.74) is 0.975. The molecule has 1 aliphatic carbocycles. The molecule has 0 spiro atoms. The summed E-state index contributed by atoms with van der Waals surface area (Å²) in [6.45, 7) is 4.90. The van der Waals surface area contributed by atoms with Crippen LogP contribution in [0, 0.1) is 11.8 Å². The largest absolute Gasteiger partial charge is 0.447 e. The lowest BCUT2D eigenvalue weighted by molar-refractivity contribution is -0.0264. The highest BCUT2D eigenvalue weighted by molar-refractivity contribution is 6.30. The van der Waals surface area contributed by atoms with Gasteiger partial charge in [0.05, 0.1) is 12.7 Å². The van der Waals surface area contributed by atoms with Gasteiger partial charge in [0, 0.05) is 43.2 Å². The second kappa shape index (κ2) is 16.0. The monoisotopic (exact) mass is 536 g/mol. The molecule has 3 unspecified atom stereocenters. The molecule has 0 radical (unpaired) electrons. The number of nitrogens with zero attached hydrogens (tertiary/aromatic N) is 1. The van der Waals surface area contributed by atoms with Gasteiger partial charge < -0.3 is 30.3 Å². The SMILES string of the molecule is CCNC(=O)OCCOC(c1cccc(Cl)c1)C1CCCN(C(=O)NC(CNC)CC2CCCCC2)C1. The molecule has 1 aromatic carbocycles. The number of hydrogen-bond donors (Lipinski definition) is 3. The highest BCUT2D eigenvalue weighted by Gasteiger charge is 2.32. The molecule has 0 bridgehead atoms. The number of nitrogens with one attached hydrogen (secondary N) is 3. The zero-order chi connectivity index (χ0) is 26.5. The van der Waals surface area contributed by atoms with Gasteiger partial charge >= 0.3 is 12.1 Å². The topological polar surface area (TPSA) is 91.9 Å². The van der Waals surface area contributed by atoms with Crippen LogP contribution in [0.15, 0.2) is 24.3 Å². The highest BCUT2D eigenvalue weighted by Crippen LogP contribution is 2.34. The van der Waals surface area contributed by atoms with Crippen molar-refractivity contribution in [2.24, 2.45) is 11.8 Å². The molecule has 3 rings (SSSR count). The van der Waals surface area contributed by atoms with E-state index in [1.165, 1.54) is 32.1 Å². The molecule has 3 atom stereocenters. The third-order valence-electron chi connectivity index (χ3n) is 7.41. The summed E-state index contributed by atoms with van der Waals surface area (Å²) in [6.07, 6.45) is 8.67. The van der Waals surface area contributed by atoms with Crippen LogP contribution in [0.25, 0.3) is 0 Å². The maximum Gasteiger partial charge on any atom is 0.407 e. The molecule has 8 nitrogen and oxygen atoms in total. The number of amides is 3. The summed E-state index contributed by atoms with van der Waals surface area (Å²) in [5.74, 6) is 0.812. The van der Waals surface area contributed by atoms with Gasteiger partial charge in [-0.3, -0.25) is 0 Å². The summed E-state index contributed by atoms with van der Waals surface area (Å²) in [4.78, 5) is 26.9. The van der Waals surface area contributed by atoms with Gasteiger partial charge in [-0.05, 0) is 56.8 Å². The van der Waals surface area contributed by atoms with Crippen LogP contribution >= 0.6 is 11.6 Å². The number of ether oxygens (including phenoxy) is 2.